The predicted molar refractivity (Wildman–Crippen MR) is 73.8 cm³/mol. The lowest BCUT2D eigenvalue weighted by atomic mass is 10.5. The third kappa shape index (κ3) is 6.16. The van der Waals surface area contributed by atoms with Gasteiger partial charge in [0.05, 0.1) is 6.61 Å². The second-order valence-electron chi connectivity index (χ2n) is 3.38. The van der Waals surface area contributed by atoms with Crippen molar-refractivity contribution in [1.82, 2.24) is 9.97 Å². The number of thioether (sulfide) groups is 1. The molecule has 1 aromatic heterocycles. The molecule has 0 aliphatic heterocycles. The van der Waals surface area contributed by atoms with E-state index in [1.165, 1.54) is 6.33 Å². The van der Waals surface area contributed by atoms with Crippen molar-refractivity contribution in [3.63, 3.8) is 0 Å². The number of rotatable bonds is 9. The first-order chi connectivity index (χ1) is 8.36. The van der Waals surface area contributed by atoms with Gasteiger partial charge in [-0.3, -0.25) is 0 Å². The summed E-state index contributed by atoms with van der Waals surface area (Å²) in [6, 6.07) is 1.83. The summed E-state index contributed by atoms with van der Waals surface area (Å²) >= 11 is 1.84. The summed E-state index contributed by atoms with van der Waals surface area (Å²) in [7, 11) is 0. The van der Waals surface area contributed by atoms with Crippen LogP contribution in [0.5, 0.6) is 5.88 Å². The van der Waals surface area contributed by atoms with E-state index in [1.807, 2.05) is 23.9 Å². The molecule has 0 spiro atoms. The number of hydrogen-bond acceptors (Lipinski definition) is 5. The first kappa shape index (κ1) is 13.8. The van der Waals surface area contributed by atoms with Crippen molar-refractivity contribution < 1.29 is 4.74 Å². The Morgan fingerprint density at radius 3 is 3.18 bits per heavy atom. The Morgan fingerprint density at radius 1 is 1.53 bits per heavy atom. The molecule has 0 bridgehead atoms. The number of ether oxygens (including phenoxy) is 1. The Kier molecular flexibility index (Phi) is 7.22. The van der Waals surface area contributed by atoms with Crippen LogP contribution in [-0.2, 0) is 0 Å². The highest BCUT2D eigenvalue weighted by molar-refractivity contribution is 7.99. The molecule has 0 atom stereocenters. The van der Waals surface area contributed by atoms with E-state index in [1.54, 1.807) is 0 Å². The average molecular weight is 253 g/mol. The van der Waals surface area contributed by atoms with Crippen LogP contribution >= 0.6 is 11.8 Å². The van der Waals surface area contributed by atoms with Crippen molar-refractivity contribution in [2.75, 3.05) is 30.0 Å². The van der Waals surface area contributed by atoms with E-state index in [0.717, 1.165) is 30.3 Å². The lowest BCUT2D eigenvalue weighted by Crippen LogP contribution is -2.07. The summed E-state index contributed by atoms with van der Waals surface area (Å²) in [5.74, 6) is 3.45. The lowest BCUT2D eigenvalue weighted by molar-refractivity contribution is 0.305. The minimum atomic E-state index is 0.628. The van der Waals surface area contributed by atoms with Crippen LogP contribution in [0.1, 0.15) is 13.3 Å². The van der Waals surface area contributed by atoms with Gasteiger partial charge < -0.3 is 10.1 Å². The van der Waals surface area contributed by atoms with E-state index < -0.39 is 0 Å². The maximum Gasteiger partial charge on any atom is 0.218 e. The van der Waals surface area contributed by atoms with Gasteiger partial charge in [-0.05, 0) is 6.42 Å². The van der Waals surface area contributed by atoms with Gasteiger partial charge in [-0.25, -0.2) is 9.97 Å². The van der Waals surface area contributed by atoms with E-state index in [-0.39, 0.29) is 0 Å². The molecule has 5 heteroatoms. The van der Waals surface area contributed by atoms with Gasteiger partial charge in [0.2, 0.25) is 5.88 Å². The Bertz CT molecular complexity index is 333. The zero-order valence-electron chi connectivity index (χ0n) is 10.2. The molecule has 0 unspecified atom stereocenters. The predicted octanol–water partition coefficient (Wildman–Crippen LogP) is 2.60. The van der Waals surface area contributed by atoms with E-state index in [2.05, 4.69) is 28.8 Å². The zero-order chi connectivity index (χ0) is 12.3. The van der Waals surface area contributed by atoms with Gasteiger partial charge in [0.25, 0.3) is 0 Å². The standard InChI is InChI=1S/C12H19N3OS/c1-3-6-16-12-9-11(14-10-15-12)13-5-8-17-7-4-2/h4,9-10H,2-3,5-8H2,1H3,(H,13,14,15). The van der Waals surface area contributed by atoms with Crippen LogP contribution in [0, 0.1) is 0 Å². The number of nitrogens with one attached hydrogen (secondary N) is 1. The van der Waals surface area contributed by atoms with Crippen LogP contribution in [0.4, 0.5) is 5.82 Å². The summed E-state index contributed by atoms with van der Waals surface area (Å²) in [6.45, 7) is 7.31. The van der Waals surface area contributed by atoms with Gasteiger partial charge in [-0.2, -0.15) is 11.8 Å². The summed E-state index contributed by atoms with van der Waals surface area (Å²) < 4.78 is 5.43. The average Bonchev–Trinajstić information content (AvgIpc) is 2.37. The fourth-order valence-electron chi connectivity index (χ4n) is 1.14. The Morgan fingerprint density at radius 2 is 2.41 bits per heavy atom. The molecule has 94 valence electrons. The third-order valence-corrected chi connectivity index (χ3v) is 2.85. The topological polar surface area (TPSA) is 47.0 Å². The zero-order valence-corrected chi connectivity index (χ0v) is 11.0. The number of aromatic nitrogens is 2. The normalized spacial score (nSPS) is 9.94. The van der Waals surface area contributed by atoms with Crippen LogP contribution < -0.4 is 10.1 Å². The number of nitrogens with zero attached hydrogens (tertiary/aromatic N) is 2. The van der Waals surface area contributed by atoms with Crippen LogP contribution in [-0.4, -0.2) is 34.6 Å². The van der Waals surface area contributed by atoms with Crippen LogP contribution in [0.25, 0.3) is 0 Å². The monoisotopic (exact) mass is 253 g/mol. The smallest absolute Gasteiger partial charge is 0.218 e. The SMILES string of the molecule is C=CCSCCNc1cc(OCCC)ncn1. The van der Waals surface area contributed by atoms with E-state index in [0.29, 0.717) is 12.5 Å². The summed E-state index contributed by atoms with van der Waals surface area (Å²) in [5.41, 5.74) is 0. The third-order valence-electron chi connectivity index (χ3n) is 1.88. The molecule has 0 aliphatic carbocycles. The molecule has 0 aromatic carbocycles. The number of anilines is 1. The molecule has 1 N–H and O–H groups in total. The van der Waals surface area contributed by atoms with Crippen molar-refractivity contribution in [3.05, 3.63) is 25.0 Å². The summed E-state index contributed by atoms with van der Waals surface area (Å²) in [6.07, 6.45) is 4.40. The molecule has 0 aliphatic rings. The Labute approximate surface area is 107 Å². The fourth-order valence-corrected chi connectivity index (χ4v) is 1.72. The molecule has 0 saturated carbocycles. The van der Waals surface area contributed by atoms with Crippen molar-refractivity contribution in [1.29, 1.82) is 0 Å². The van der Waals surface area contributed by atoms with E-state index >= 15 is 0 Å². The van der Waals surface area contributed by atoms with Crippen molar-refractivity contribution in [3.8, 4) is 5.88 Å². The van der Waals surface area contributed by atoms with Gasteiger partial charge in [-0.15, -0.1) is 6.58 Å². The first-order valence-electron chi connectivity index (χ1n) is 5.74. The van der Waals surface area contributed by atoms with Crippen LogP contribution in [0.2, 0.25) is 0 Å². The van der Waals surface area contributed by atoms with Gasteiger partial charge >= 0.3 is 0 Å². The minimum absolute atomic E-state index is 0.628. The molecule has 0 fully saturated rings. The van der Waals surface area contributed by atoms with Crippen molar-refractivity contribution >= 4 is 17.6 Å². The van der Waals surface area contributed by atoms with Crippen molar-refractivity contribution in [2.45, 2.75) is 13.3 Å². The molecule has 1 heterocycles. The quantitative estimate of drug-likeness (QED) is 0.541. The Balaban J connectivity index is 2.29. The molecular weight excluding hydrogens is 234 g/mol. The maximum atomic E-state index is 5.43. The molecule has 4 nitrogen and oxygen atoms in total. The molecule has 1 aromatic rings. The summed E-state index contributed by atoms with van der Waals surface area (Å²) in [4.78, 5) is 8.18. The highest BCUT2D eigenvalue weighted by atomic mass is 32.2. The Hall–Kier alpha value is -1.23. The van der Waals surface area contributed by atoms with Gasteiger partial charge in [0.15, 0.2) is 0 Å². The highest BCUT2D eigenvalue weighted by Crippen LogP contribution is 2.11. The highest BCUT2D eigenvalue weighted by Gasteiger charge is 1.98. The number of hydrogen-bond donors (Lipinski definition) is 1. The molecule has 0 radical (unpaired) electrons. The lowest BCUT2D eigenvalue weighted by Gasteiger charge is -2.07. The second-order valence-corrected chi connectivity index (χ2v) is 4.53. The van der Waals surface area contributed by atoms with Gasteiger partial charge in [0.1, 0.15) is 12.1 Å². The largest absolute Gasteiger partial charge is 0.478 e. The van der Waals surface area contributed by atoms with E-state index in [4.69, 9.17) is 4.74 Å². The summed E-state index contributed by atoms with van der Waals surface area (Å²) in [5, 5.41) is 3.23. The van der Waals surface area contributed by atoms with Crippen molar-refractivity contribution in [2.24, 2.45) is 0 Å². The first-order valence-corrected chi connectivity index (χ1v) is 6.89. The van der Waals surface area contributed by atoms with Crippen LogP contribution in [0.3, 0.4) is 0 Å². The van der Waals surface area contributed by atoms with E-state index in [9.17, 15) is 0 Å². The van der Waals surface area contributed by atoms with Crippen LogP contribution in [0.15, 0.2) is 25.0 Å². The fraction of sp³-hybridized carbons (Fsp3) is 0.500. The molecule has 0 amide bonds. The minimum Gasteiger partial charge on any atom is -0.478 e. The molecule has 17 heavy (non-hydrogen) atoms. The van der Waals surface area contributed by atoms with Gasteiger partial charge in [0, 0.05) is 24.1 Å². The maximum absolute atomic E-state index is 5.43. The molecule has 1 rings (SSSR count). The molecule has 0 saturated heterocycles. The van der Waals surface area contributed by atoms with Gasteiger partial charge in [-0.1, -0.05) is 13.0 Å². The second kappa shape index (κ2) is 8.87. The molecular formula is C12H19N3OS.